The molecule has 2 fully saturated rings. The molecule has 0 unspecified atom stereocenters. The summed E-state index contributed by atoms with van der Waals surface area (Å²) in [5.74, 6) is 0.973. The highest BCUT2D eigenvalue weighted by Gasteiger charge is 2.21. The molecule has 5 heteroatoms. The van der Waals surface area contributed by atoms with E-state index in [1.165, 1.54) is 11.8 Å². The second-order valence-electron chi connectivity index (χ2n) is 3.69. The van der Waals surface area contributed by atoms with Crippen LogP contribution in [0, 0.1) is 0 Å². The van der Waals surface area contributed by atoms with Crippen LogP contribution in [0.4, 0.5) is 4.79 Å². The van der Waals surface area contributed by atoms with Gasteiger partial charge in [-0.15, -0.1) is 0 Å². The van der Waals surface area contributed by atoms with E-state index in [4.69, 9.17) is 0 Å². The minimum absolute atomic E-state index is 0.264. The Morgan fingerprint density at radius 2 is 2.00 bits per heavy atom. The number of thioether (sulfide) groups is 1. The summed E-state index contributed by atoms with van der Waals surface area (Å²) in [5.41, 5.74) is 0. The Balaban J connectivity index is 1.68. The number of hydrogen-bond acceptors (Lipinski definition) is 4. The van der Waals surface area contributed by atoms with E-state index in [1.807, 2.05) is 4.90 Å². The summed E-state index contributed by atoms with van der Waals surface area (Å²) in [6.45, 7) is 7.30. The van der Waals surface area contributed by atoms with Gasteiger partial charge in [0.15, 0.2) is 0 Å². The molecule has 2 heterocycles. The average Bonchev–Trinajstić information content (AvgIpc) is 2.63. The van der Waals surface area contributed by atoms with Gasteiger partial charge in [0, 0.05) is 51.6 Å². The fourth-order valence-corrected chi connectivity index (χ4v) is 2.68. The van der Waals surface area contributed by atoms with Crippen LogP contribution in [0.1, 0.15) is 0 Å². The Morgan fingerprint density at radius 3 is 2.64 bits per heavy atom. The van der Waals surface area contributed by atoms with Crippen LogP contribution in [0.2, 0.25) is 0 Å². The zero-order valence-corrected chi connectivity index (χ0v) is 9.18. The van der Waals surface area contributed by atoms with Crippen molar-refractivity contribution in [3.8, 4) is 0 Å². The molecule has 1 amide bonds. The van der Waals surface area contributed by atoms with Crippen molar-refractivity contribution >= 4 is 17.0 Å². The first-order chi connectivity index (χ1) is 6.86. The maximum Gasteiger partial charge on any atom is 0.281 e. The molecule has 2 saturated heterocycles. The number of nitrogens with zero attached hydrogens (tertiary/aromatic N) is 2. The van der Waals surface area contributed by atoms with Crippen molar-refractivity contribution < 1.29 is 4.79 Å². The molecule has 2 aliphatic heterocycles. The topological polar surface area (TPSA) is 35.6 Å². The third kappa shape index (κ3) is 2.62. The Hall–Kier alpha value is -0.260. The minimum atomic E-state index is 0.264. The first kappa shape index (κ1) is 10.3. The van der Waals surface area contributed by atoms with Crippen molar-refractivity contribution in [3.63, 3.8) is 0 Å². The second-order valence-corrected chi connectivity index (χ2v) is 4.74. The van der Waals surface area contributed by atoms with Crippen LogP contribution in [-0.2, 0) is 0 Å². The number of amides is 1. The number of hydrogen-bond donors (Lipinski definition) is 1. The molecule has 2 rings (SSSR count). The Kier molecular flexibility index (Phi) is 3.67. The van der Waals surface area contributed by atoms with Crippen LogP contribution < -0.4 is 5.32 Å². The summed E-state index contributed by atoms with van der Waals surface area (Å²) >= 11 is 1.45. The van der Waals surface area contributed by atoms with Crippen molar-refractivity contribution in [2.75, 3.05) is 51.6 Å². The number of carbonyl (C=O) groups is 1. The van der Waals surface area contributed by atoms with E-state index in [9.17, 15) is 4.79 Å². The van der Waals surface area contributed by atoms with Crippen LogP contribution in [0.15, 0.2) is 0 Å². The molecule has 0 aromatic heterocycles. The van der Waals surface area contributed by atoms with Gasteiger partial charge in [0.1, 0.15) is 0 Å². The standard InChI is InChI=1S/C9H17N3OS/c13-9-12(7-8-14-9)6-5-11-3-1-10-2-4-11/h10H,1-8H2. The van der Waals surface area contributed by atoms with Gasteiger partial charge in [-0.05, 0) is 0 Å². The molecule has 0 bridgehead atoms. The summed E-state index contributed by atoms with van der Waals surface area (Å²) in [6.07, 6.45) is 0. The van der Waals surface area contributed by atoms with E-state index in [2.05, 4.69) is 10.2 Å². The van der Waals surface area contributed by atoms with Crippen LogP contribution in [0.3, 0.4) is 0 Å². The molecule has 1 N–H and O–H groups in total. The van der Waals surface area contributed by atoms with Gasteiger partial charge < -0.3 is 10.2 Å². The first-order valence-electron chi connectivity index (χ1n) is 5.21. The summed E-state index contributed by atoms with van der Waals surface area (Å²) in [6, 6.07) is 0. The molecule has 0 aromatic rings. The molecular weight excluding hydrogens is 198 g/mol. The summed E-state index contributed by atoms with van der Waals surface area (Å²) in [4.78, 5) is 15.7. The zero-order chi connectivity index (χ0) is 9.80. The van der Waals surface area contributed by atoms with Crippen LogP contribution in [0.25, 0.3) is 0 Å². The lowest BCUT2D eigenvalue weighted by molar-refractivity contribution is 0.199. The maximum absolute atomic E-state index is 11.3. The Morgan fingerprint density at radius 1 is 1.21 bits per heavy atom. The monoisotopic (exact) mass is 215 g/mol. The highest BCUT2D eigenvalue weighted by Crippen LogP contribution is 2.16. The maximum atomic E-state index is 11.3. The Bertz CT molecular complexity index is 206. The lowest BCUT2D eigenvalue weighted by Gasteiger charge is -2.28. The zero-order valence-electron chi connectivity index (χ0n) is 8.37. The van der Waals surface area contributed by atoms with Crippen LogP contribution in [0.5, 0.6) is 0 Å². The van der Waals surface area contributed by atoms with Crippen LogP contribution >= 0.6 is 11.8 Å². The molecule has 0 spiro atoms. The fourth-order valence-electron chi connectivity index (χ4n) is 1.83. The lowest BCUT2D eigenvalue weighted by Crippen LogP contribution is -2.46. The molecule has 0 saturated carbocycles. The molecule has 0 atom stereocenters. The van der Waals surface area contributed by atoms with Crippen molar-refractivity contribution in [1.82, 2.24) is 15.1 Å². The fraction of sp³-hybridized carbons (Fsp3) is 0.889. The van der Waals surface area contributed by atoms with Crippen LogP contribution in [-0.4, -0.2) is 66.6 Å². The average molecular weight is 215 g/mol. The SMILES string of the molecule is O=C1SCCN1CCN1CCNCC1. The summed E-state index contributed by atoms with van der Waals surface area (Å²) in [7, 11) is 0. The number of carbonyl (C=O) groups excluding carboxylic acids is 1. The number of piperazine rings is 1. The van der Waals surface area contributed by atoms with Gasteiger partial charge in [-0.2, -0.15) is 0 Å². The van der Waals surface area contributed by atoms with Gasteiger partial charge in [0.25, 0.3) is 5.24 Å². The van der Waals surface area contributed by atoms with E-state index in [0.29, 0.717) is 0 Å². The van der Waals surface area contributed by atoms with Crippen molar-refractivity contribution in [2.45, 2.75) is 0 Å². The predicted octanol–water partition coefficient (Wildman–Crippen LogP) is 0.0604. The van der Waals surface area contributed by atoms with E-state index in [0.717, 1.165) is 51.6 Å². The number of nitrogens with one attached hydrogen (secondary N) is 1. The van der Waals surface area contributed by atoms with Gasteiger partial charge in [0.05, 0.1) is 0 Å². The van der Waals surface area contributed by atoms with Gasteiger partial charge in [-0.1, -0.05) is 11.8 Å². The van der Waals surface area contributed by atoms with Gasteiger partial charge in [0.2, 0.25) is 0 Å². The normalized spacial score (nSPS) is 24.6. The summed E-state index contributed by atoms with van der Waals surface area (Å²) in [5, 5.41) is 3.59. The van der Waals surface area contributed by atoms with Crippen molar-refractivity contribution in [1.29, 1.82) is 0 Å². The predicted molar refractivity (Wildman–Crippen MR) is 58.7 cm³/mol. The summed E-state index contributed by atoms with van der Waals surface area (Å²) < 4.78 is 0. The van der Waals surface area contributed by atoms with Gasteiger partial charge in [-0.25, -0.2) is 0 Å². The smallest absolute Gasteiger partial charge is 0.281 e. The highest BCUT2D eigenvalue weighted by molar-refractivity contribution is 8.13. The third-order valence-corrected chi connectivity index (χ3v) is 3.63. The largest absolute Gasteiger partial charge is 0.331 e. The first-order valence-corrected chi connectivity index (χ1v) is 6.19. The molecule has 14 heavy (non-hydrogen) atoms. The van der Waals surface area contributed by atoms with Crippen molar-refractivity contribution in [3.05, 3.63) is 0 Å². The van der Waals surface area contributed by atoms with E-state index in [1.54, 1.807) is 0 Å². The van der Waals surface area contributed by atoms with E-state index in [-0.39, 0.29) is 5.24 Å². The molecule has 0 aromatic carbocycles. The quantitative estimate of drug-likeness (QED) is 0.722. The minimum Gasteiger partial charge on any atom is -0.331 e. The second kappa shape index (κ2) is 5.00. The lowest BCUT2D eigenvalue weighted by atomic mass is 10.3. The third-order valence-electron chi connectivity index (χ3n) is 2.74. The molecule has 0 radical (unpaired) electrons. The molecule has 0 aliphatic carbocycles. The molecule has 2 aliphatic rings. The Labute approximate surface area is 89.0 Å². The van der Waals surface area contributed by atoms with Crippen molar-refractivity contribution in [2.24, 2.45) is 0 Å². The molecule has 4 nitrogen and oxygen atoms in total. The number of rotatable bonds is 3. The molecular formula is C9H17N3OS. The van der Waals surface area contributed by atoms with Gasteiger partial charge in [-0.3, -0.25) is 9.69 Å². The van der Waals surface area contributed by atoms with E-state index >= 15 is 0 Å². The molecule has 80 valence electrons. The van der Waals surface area contributed by atoms with E-state index < -0.39 is 0 Å². The highest BCUT2D eigenvalue weighted by atomic mass is 32.2. The van der Waals surface area contributed by atoms with Gasteiger partial charge >= 0.3 is 0 Å².